The lowest BCUT2D eigenvalue weighted by molar-refractivity contribution is -0.131. The number of carbonyl (C=O) groups excluding carboxylic acids is 1. The maximum Gasteiger partial charge on any atom is 0.377 e. The topological polar surface area (TPSA) is 132 Å². The van der Waals surface area contributed by atoms with Crippen molar-refractivity contribution >= 4 is 17.7 Å². The van der Waals surface area contributed by atoms with E-state index in [1.54, 1.807) is 48.5 Å². The molecule has 0 heterocycles. The van der Waals surface area contributed by atoms with Gasteiger partial charge in [0.2, 0.25) is 0 Å². The van der Waals surface area contributed by atoms with Crippen molar-refractivity contribution in [3.05, 3.63) is 71.8 Å². The molecule has 0 aliphatic rings. The minimum atomic E-state index is -1.42. The first kappa shape index (κ1) is 28.0. The third kappa shape index (κ3) is 12.3. The van der Waals surface area contributed by atoms with Gasteiger partial charge >= 0.3 is 11.9 Å². The monoisotopic (exact) mass is 432 g/mol. The molecule has 0 amide bonds. The maximum absolute atomic E-state index is 10.7. The van der Waals surface area contributed by atoms with Gasteiger partial charge in [-0.1, -0.05) is 76.2 Å². The summed E-state index contributed by atoms with van der Waals surface area (Å²) in [4.78, 5) is 31.1. The average Bonchev–Trinajstić information content (AvgIpc) is 2.75. The zero-order valence-electron chi connectivity index (χ0n) is 18.3. The summed E-state index contributed by atoms with van der Waals surface area (Å²) in [5.74, 6) is -2.69. The second kappa shape index (κ2) is 14.9. The highest BCUT2D eigenvalue weighted by molar-refractivity contribution is 6.39. The minimum Gasteiger partial charge on any atom is -0.478 e. The van der Waals surface area contributed by atoms with Gasteiger partial charge in [-0.05, 0) is 30.4 Å². The first-order valence-electron chi connectivity index (χ1n) is 9.94. The average molecular weight is 433 g/mol. The number of Topliss-reactive ketones (excluding diaryl/α,β-unsaturated/α-hetero) is 1. The number of carboxylic acid groups (broad SMARTS) is 2. The number of aliphatic carboxylic acids is 1. The number of aliphatic hydroxyl groups excluding tert-OH is 2. The van der Waals surface area contributed by atoms with Crippen LogP contribution < -0.4 is 0 Å². The van der Waals surface area contributed by atoms with E-state index >= 15 is 0 Å². The van der Waals surface area contributed by atoms with Crippen LogP contribution in [0.25, 0.3) is 0 Å². The van der Waals surface area contributed by atoms with Crippen LogP contribution in [0.5, 0.6) is 0 Å². The molecular formula is C24H32O7. The van der Waals surface area contributed by atoms with Gasteiger partial charge in [-0.2, -0.15) is 0 Å². The molecule has 0 aliphatic heterocycles. The highest BCUT2D eigenvalue weighted by Gasteiger charge is 2.17. The van der Waals surface area contributed by atoms with Gasteiger partial charge in [-0.3, -0.25) is 4.79 Å². The predicted molar refractivity (Wildman–Crippen MR) is 118 cm³/mol. The molecule has 0 spiro atoms. The quantitative estimate of drug-likeness (QED) is 0.387. The zero-order chi connectivity index (χ0) is 24.0. The minimum absolute atomic E-state index is 0.208. The van der Waals surface area contributed by atoms with Crippen LogP contribution in [-0.2, 0) is 4.79 Å². The Morgan fingerprint density at radius 2 is 1.03 bits per heavy atom. The van der Waals surface area contributed by atoms with Gasteiger partial charge in [0.15, 0.2) is 0 Å². The number of ketones is 1. The Balaban J connectivity index is 0.000000438. The predicted octanol–water partition coefficient (Wildman–Crippen LogP) is 3.75. The van der Waals surface area contributed by atoms with Crippen molar-refractivity contribution in [3.8, 4) is 0 Å². The number of rotatable bonds is 7. The summed E-state index contributed by atoms with van der Waals surface area (Å²) in [6.45, 7) is 7.82. The van der Waals surface area contributed by atoms with Gasteiger partial charge in [0.1, 0.15) is 0 Å². The Morgan fingerprint density at radius 1 is 0.677 bits per heavy atom. The molecule has 2 aromatic carbocycles. The molecule has 0 aliphatic carbocycles. The van der Waals surface area contributed by atoms with E-state index in [0.717, 1.165) is 0 Å². The normalized spacial score (nSPS) is 12.0. The SMILES string of the molecule is CC(C)C(O)CC(O)C(C)C.O=C(O)C(=O)c1ccccc1.O=C(O)c1ccccc1. The Morgan fingerprint density at radius 3 is 1.29 bits per heavy atom. The molecule has 2 aromatic rings. The second-order valence-electron chi connectivity index (χ2n) is 7.53. The molecule has 7 heteroatoms. The van der Waals surface area contributed by atoms with Crippen LogP contribution in [0.4, 0.5) is 0 Å². The van der Waals surface area contributed by atoms with Crippen LogP contribution in [-0.4, -0.2) is 50.4 Å². The molecule has 0 saturated heterocycles. The van der Waals surface area contributed by atoms with E-state index in [-0.39, 0.29) is 29.6 Å². The lowest BCUT2D eigenvalue weighted by Gasteiger charge is -2.20. The highest BCUT2D eigenvalue weighted by Crippen LogP contribution is 2.13. The van der Waals surface area contributed by atoms with Crippen LogP contribution in [0.3, 0.4) is 0 Å². The zero-order valence-corrected chi connectivity index (χ0v) is 18.3. The van der Waals surface area contributed by atoms with E-state index < -0.39 is 17.7 Å². The standard InChI is InChI=1S/C9H20O2.C8H6O3.C7H6O2/c1-6(2)8(10)5-9(11)7(3)4;9-7(8(10)11)6-4-2-1-3-5-6;8-7(9)6-4-2-1-3-5-6/h6-11H,5H2,1-4H3;1-5H,(H,10,11);1-5H,(H,8,9). The second-order valence-corrected chi connectivity index (χ2v) is 7.53. The van der Waals surface area contributed by atoms with E-state index in [2.05, 4.69) is 0 Å². The summed E-state index contributed by atoms with van der Waals surface area (Å²) in [6, 6.07) is 16.2. The lowest BCUT2D eigenvalue weighted by atomic mass is 9.95. The fraction of sp³-hybridized carbons (Fsp3) is 0.375. The Hall–Kier alpha value is -3.03. The van der Waals surface area contributed by atoms with Crippen LogP contribution in [0.15, 0.2) is 60.7 Å². The number of carboxylic acids is 2. The largest absolute Gasteiger partial charge is 0.478 e. The molecule has 170 valence electrons. The number of aliphatic hydroxyl groups is 2. The fourth-order valence-corrected chi connectivity index (χ4v) is 2.09. The molecule has 0 saturated carbocycles. The van der Waals surface area contributed by atoms with Gasteiger partial charge in [0.25, 0.3) is 5.78 Å². The van der Waals surface area contributed by atoms with Crippen LogP contribution in [0.1, 0.15) is 54.8 Å². The molecule has 2 rings (SSSR count). The number of benzene rings is 2. The molecular weight excluding hydrogens is 400 g/mol. The first-order chi connectivity index (χ1) is 14.5. The van der Waals surface area contributed by atoms with Crippen LogP contribution >= 0.6 is 0 Å². The molecule has 31 heavy (non-hydrogen) atoms. The summed E-state index contributed by atoms with van der Waals surface area (Å²) in [6.07, 6.45) is -0.241. The lowest BCUT2D eigenvalue weighted by Crippen LogP contribution is -2.25. The van der Waals surface area contributed by atoms with E-state index in [0.29, 0.717) is 12.0 Å². The molecule has 0 fully saturated rings. The van der Waals surface area contributed by atoms with E-state index in [1.807, 2.05) is 27.7 Å². The third-order valence-electron chi connectivity index (χ3n) is 4.27. The van der Waals surface area contributed by atoms with Gasteiger partial charge in [-0.25, -0.2) is 9.59 Å². The summed E-state index contributed by atoms with van der Waals surface area (Å²) >= 11 is 0. The van der Waals surface area contributed by atoms with E-state index in [1.165, 1.54) is 12.1 Å². The van der Waals surface area contributed by atoms with Crippen LogP contribution in [0.2, 0.25) is 0 Å². The smallest absolute Gasteiger partial charge is 0.377 e. The number of hydrogen-bond donors (Lipinski definition) is 4. The van der Waals surface area contributed by atoms with Gasteiger partial charge in [0.05, 0.1) is 17.8 Å². The van der Waals surface area contributed by atoms with Gasteiger partial charge in [-0.15, -0.1) is 0 Å². The summed E-state index contributed by atoms with van der Waals surface area (Å²) in [7, 11) is 0. The summed E-state index contributed by atoms with van der Waals surface area (Å²) in [5.41, 5.74) is 0.539. The maximum atomic E-state index is 10.7. The van der Waals surface area contributed by atoms with Crippen molar-refractivity contribution in [1.29, 1.82) is 0 Å². The number of aromatic carboxylic acids is 1. The van der Waals surface area contributed by atoms with Crippen molar-refractivity contribution in [2.75, 3.05) is 0 Å². The number of hydrogen-bond acceptors (Lipinski definition) is 5. The molecule has 0 radical (unpaired) electrons. The molecule has 0 aromatic heterocycles. The summed E-state index contributed by atoms with van der Waals surface area (Å²) in [5, 5.41) is 35.4. The Labute approximate surface area is 183 Å². The van der Waals surface area contributed by atoms with Crippen LogP contribution in [0, 0.1) is 11.8 Å². The van der Waals surface area contributed by atoms with Crippen molar-refractivity contribution in [2.24, 2.45) is 11.8 Å². The molecule has 4 N–H and O–H groups in total. The van der Waals surface area contributed by atoms with Crippen molar-refractivity contribution < 1.29 is 34.8 Å². The third-order valence-corrected chi connectivity index (χ3v) is 4.27. The highest BCUT2D eigenvalue weighted by atomic mass is 16.4. The van der Waals surface area contributed by atoms with E-state index in [4.69, 9.17) is 10.2 Å². The van der Waals surface area contributed by atoms with Crippen molar-refractivity contribution in [2.45, 2.75) is 46.3 Å². The fourth-order valence-electron chi connectivity index (χ4n) is 2.09. The molecule has 2 unspecified atom stereocenters. The van der Waals surface area contributed by atoms with Gasteiger partial charge < -0.3 is 20.4 Å². The molecule has 7 nitrogen and oxygen atoms in total. The summed E-state index contributed by atoms with van der Waals surface area (Å²) < 4.78 is 0. The molecule has 0 bridgehead atoms. The Kier molecular flexibility index (Phi) is 13.4. The molecule has 2 atom stereocenters. The first-order valence-corrected chi connectivity index (χ1v) is 9.94. The van der Waals surface area contributed by atoms with Gasteiger partial charge in [0, 0.05) is 5.56 Å². The van der Waals surface area contributed by atoms with E-state index in [9.17, 15) is 24.6 Å². The van der Waals surface area contributed by atoms with Crippen molar-refractivity contribution in [1.82, 2.24) is 0 Å². The number of carbonyl (C=O) groups is 3. The van der Waals surface area contributed by atoms with Crippen molar-refractivity contribution in [3.63, 3.8) is 0 Å². The Bertz CT molecular complexity index is 774.